The fourth-order valence-corrected chi connectivity index (χ4v) is 3.55. The minimum atomic E-state index is -1.09. The van der Waals surface area contributed by atoms with Crippen molar-refractivity contribution >= 4 is 5.78 Å². The van der Waals surface area contributed by atoms with Gasteiger partial charge >= 0.3 is 0 Å². The van der Waals surface area contributed by atoms with Crippen molar-refractivity contribution in [3.8, 4) is 0 Å². The van der Waals surface area contributed by atoms with Crippen molar-refractivity contribution < 1.29 is 19.7 Å². The average molecular weight is 306 g/mol. The molecular weight excluding hydrogens is 280 g/mol. The van der Waals surface area contributed by atoms with Crippen molar-refractivity contribution in [2.45, 2.75) is 37.9 Å². The first kappa shape index (κ1) is 17.1. The highest BCUT2D eigenvalue weighted by atomic mass is 16.5. The lowest BCUT2D eigenvalue weighted by Gasteiger charge is -2.23. The van der Waals surface area contributed by atoms with E-state index in [1.165, 1.54) is 6.08 Å². The van der Waals surface area contributed by atoms with Gasteiger partial charge in [-0.1, -0.05) is 24.8 Å². The molecule has 4 heteroatoms. The lowest BCUT2D eigenvalue weighted by atomic mass is 9.89. The Balaban J connectivity index is 1.99. The minimum Gasteiger partial charge on any atom is -0.392 e. The summed E-state index contributed by atoms with van der Waals surface area (Å²) in [6.45, 7) is 10.1. The van der Waals surface area contributed by atoms with Crippen LogP contribution in [0.2, 0.25) is 0 Å². The second-order valence-corrected chi connectivity index (χ2v) is 6.40. The van der Waals surface area contributed by atoms with Gasteiger partial charge in [-0.2, -0.15) is 0 Å². The Bertz CT molecular complexity index is 481. The number of aliphatic hydroxyl groups excluding tert-OH is 1. The number of carbonyl (C=O) groups is 1. The third-order valence-corrected chi connectivity index (χ3v) is 4.88. The molecule has 0 bridgehead atoms. The van der Waals surface area contributed by atoms with Crippen LogP contribution in [0.3, 0.4) is 0 Å². The SMILES string of the molecule is C=CC(O)(C/C=C/[C@H]1[C@@H]2CC(=C)C(=O)[C@H]2C[C@@H]1O)COCC. The maximum atomic E-state index is 12.0. The highest BCUT2D eigenvalue weighted by molar-refractivity contribution is 5.99. The van der Waals surface area contributed by atoms with Crippen LogP contribution in [0.4, 0.5) is 0 Å². The number of ether oxygens (including phenoxy) is 1. The van der Waals surface area contributed by atoms with Crippen molar-refractivity contribution in [2.75, 3.05) is 13.2 Å². The summed E-state index contributed by atoms with van der Waals surface area (Å²) >= 11 is 0. The molecule has 0 spiro atoms. The van der Waals surface area contributed by atoms with Gasteiger partial charge in [0, 0.05) is 18.4 Å². The normalized spacial score (nSPS) is 34.1. The Morgan fingerprint density at radius 2 is 2.23 bits per heavy atom. The smallest absolute Gasteiger partial charge is 0.161 e. The molecule has 0 radical (unpaired) electrons. The highest BCUT2D eigenvalue weighted by Crippen LogP contribution is 2.48. The van der Waals surface area contributed by atoms with Crippen LogP contribution in [0, 0.1) is 17.8 Å². The fraction of sp³-hybridized carbons (Fsp3) is 0.611. The van der Waals surface area contributed by atoms with E-state index >= 15 is 0 Å². The molecule has 2 fully saturated rings. The number of hydrogen-bond acceptors (Lipinski definition) is 4. The third-order valence-electron chi connectivity index (χ3n) is 4.88. The first-order chi connectivity index (χ1) is 10.4. The van der Waals surface area contributed by atoms with Crippen LogP contribution in [0.15, 0.2) is 37.0 Å². The Morgan fingerprint density at radius 1 is 1.50 bits per heavy atom. The molecule has 2 aliphatic carbocycles. The van der Waals surface area contributed by atoms with Crippen molar-refractivity contribution in [3.05, 3.63) is 37.0 Å². The first-order valence-corrected chi connectivity index (χ1v) is 7.92. The van der Waals surface area contributed by atoms with Gasteiger partial charge in [-0.15, -0.1) is 6.58 Å². The van der Waals surface area contributed by atoms with E-state index in [-0.39, 0.29) is 30.1 Å². The molecule has 22 heavy (non-hydrogen) atoms. The van der Waals surface area contributed by atoms with Gasteiger partial charge in [0.1, 0.15) is 5.60 Å². The van der Waals surface area contributed by atoms with Crippen molar-refractivity contribution in [1.82, 2.24) is 0 Å². The molecule has 0 aromatic heterocycles. The molecule has 0 amide bonds. The van der Waals surface area contributed by atoms with E-state index in [1.54, 1.807) is 0 Å². The summed E-state index contributed by atoms with van der Waals surface area (Å²) in [6.07, 6.45) is 6.35. The van der Waals surface area contributed by atoms with Crippen LogP contribution in [0.1, 0.15) is 26.2 Å². The summed E-state index contributed by atoms with van der Waals surface area (Å²) in [4.78, 5) is 12.0. The molecule has 2 rings (SSSR count). The molecule has 4 nitrogen and oxygen atoms in total. The van der Waals surface area contributed by atoms with Gasteiger partial charge < -0.3 is 14.9 Å². The molecule has 0 aromatic rings. The van der Waals surface area contributed by atoms with Crippen molar-refractivity contribution in [1.29, 1.82) is 0 Å². The molecule has 2 saturated carbocycles. The molecule has 0 aromatic carbocycles. The second-order valence-electron chi connectivity index (χ2n) is 6.40. The third kappa shape index (κ3) is 3.40. The van der Waals surface area contributed by atoms with Crippen molar-refractivity contribution in [3.63, 3.8) is 0 Å². The van der Waals surface area contributed by atoms with Crippen molar-refractivity contribution in [2.24, 2.45) is 17.8 Å². The fourth-order valence-electron chi connectivity index (χ4n) is 3.55. The molecule has 5 atom stereocenters. The topological polar surface area (TPSA) is 66.8 Å². The molecule has 0 saturated heterocycles. The molecule has 0 heterocycles. The van der Waals surface area contributed by atoms with Crippen LogP contribution in [0.5, 0.6) is 0 Å². The molecule has 2 aliphatic rings. The zero-order chi connectivity index (χ0) is 16.3. The van der Waals surface area contributed by atoms with E-state index in [4.69, 9.17) is 4.74 Å². The predicted molar refractivity (Wildman–Crippen MR) is 85.3 cm³/mol. The van der Waals surface area contributed by atoms with Gasteiger partial charge in [0.15, 0.2) is 5.78 Å². The maximum Gasteiger partial charge on any atom is 0.161 e. The van der Waals surface area contributed by atoms with Crippen LogP contribution in [-0.4, -0.2) is 40.9 Å². The van der Waals surface area contributed by atoms with Gasteiger partial charge in [-0.3, -0.25) is 4.79 Å². The van der Waals surface area contributed by atoms with E-state index in [0.717, 1.165) is 0 Å². The number of allylic oxidation sites excluding steroid dienone is 1. The van der Waals surface area contributed by atoms with Gasteiger partial charge in [0.2, 0.25) is 0 Å². The molecular formula is C18H26O4. The van der Waals surface area contributed by atoms with Crippen LogP contribution in [0.25, 0.3) is 0 Å². The molecule has 0 aliphatic heterocycles. The number of carbonyl (C=O) groups excluding carboxylic acids is 1. The Labute approximate surface area is 132 Å². The number of Topliss-reactive ketones (excluding diaryl/α,β-unsaturated/α-hetero) is 1. The molecule has 122 valence electrons. The zero-order valence-electron chi connectivity index (χ0n) is 13.2. The van der Waals surface area contributed by atoms with E-state index in [0.29, 0.717) is 31.4 Å². The van der Waals surface area contributed by atoms with Crippen LogP contribution < -0.4 is 0 Å². The quantitative estimate of drug-likeness (QED) is 0.558. The number of fused-ring (bicyclic) bond motifs is 1. The van der Waals surface area contributed by atoms with E-state index in [9.17, 15) is 15.0 Å². The zero-order valence-corrected chi connectivity index (χ0v) is 13.2. The largest absolute Gasteiger partial charge is 0.392 e. The Morgan fingerprint density at radius 3 is 2.86 bits per heavy atom. The predicted octanol–water partition coefficient (Wildman–Crippen LogP) is 2.03. The molecule has 1 unspecified atom stereocenters. The number of hydrogen-bond donors (Lipinski definition) is 2. The summed E-state index contributed by atoms with van der Waals surface area (Å²) in [7, 11) is 0. The first-order valence-electron chi connectivity index (χ1n) is 7.92. The highest BCUT2D eigenvalue weighted by Gasteiger charge is 2.49. The van der Waals surface area contributed by atoms with Crippen LogP contribution >= 0.6 is 0 Å². The Kier molecular flexibility index (Phi) is 5.37. The average Bonchev–Trinajstić information content (AvgIpc) is 2.94. The summed E-state index contributed by atoms with van der Waals surface area (Å²) in [5, 5.41) is 20.5. The maximum absolute atomic E-state index is 12.0. The van der Waals surface area contributed by atoms with Gasteiger partial charge in [-0.25, -0.2) is 0 Å². The van der Waals surface area contributed by atoms with Gasteiger partial charge in [0.25, 0.3) is 0 Å². The summed E-state index contributed by atoms with van der Waals surface area (Å²) in [6, 6.07) is 0. The summed E-state index contributed by atoms with van der Waals surface area (Å²) < 4.78 is 5.27. The van der Waals surface area contributed by atoms with Crippen LogP contribution in [-0.2, 0) is 9.53 Å². The minimum absolute atomic E-state index is 0.0469. The second kappa shape index (κ2) is 6.90. The standard InChI is InChI=1S/C18H26O4/c1-4-18(21,11-22-5-2)8-6-7-13-14-9-12(3)17(20)15(14)10-16(13)19/h4,6-7,13-16,19,21H,1,3,5,8-11H2,2H3/b7-6+/t13-,14-,15-,16-,18?/m0/s1. The van der Waals surface area contributed by atoms with Gasteiger partial charge in [-0.05, 0) is 37.7 Å². The molecule has 2 N–H and O–H groups in total. The van der Waals surface area contributed by atoms with E-state index in [1.807, 2.05) is 19.1 Å². The number of rotatable bonds is 7. The summed E-state index contributed by atoms with van der Waals surface area (Å²) in [5.41, 5.74) is -0.413. The van der Waals surface area contributed by atoms with E-state index in [2.05, 4.69) is 13.2 Å². The summed E-state index contributed by atoms with van der Waals surface area (Å²) in [5.74, 6) is 0.127. The van der Waals surface area contributed by atoms with E-state index < -0.39 is 11.7 Å². The monoisotopic (exact) mass is 306 g/mol. The number of aliphatic hydroxyl groups is 2. The lowest BCUT2D eigenvalue weighted by Crippen LogP contribution is -2.31. The lowest BCUT2D eigenvalue weighted by molar-refractivity contribution is -0.118. The number of ketones is 1. The Hall–Kier alpha value is -1.23. The van der Waals surface area contributed by atoms with Gasteiger partial charge in [0.05, 0.1) is 12.7 Å².